The summed E-state index contributed by atoms with van der Waals surface area (Å²) in [5.41, 5.74) is -7.09. The molecule has 2 amide bonds. The fourth-order valence-electron chi connectivity index (χ4n) is 11.3. The first-order valence-corrected chi connectivity index (χ1v) is 27.0. The lowest BCUT2D eigenvalue weighted by molar-refractivity contribution is -0.335. The molecule has 21 heteroatoms. The molecule has 6 N–H and O–H groups in total. The molecule has 0 bridgehead atoms. The van der Waals surface area contributed by atoms with E-state index in [-0.39, 0.29) is 50.4 Å². The summed E-state index contributed by atoms with van der Waals surface area (Å²) in [6.45, 7) is 19.8. The zero-order chi connectivity index (χ0) is 56.9. The third-order valence-electron chi connectivity index (χ3n) is 16.1. The van der Waals surface area contributed by atoms with Gasteiger partial charge in [0.2, 0.25) is 0 Å². The second-order valence-corrected chi connectivity index (χ2v) is 22.7. The van der Waals surface area contributed by atoms with E-state index >= 15 is 0 Å². The summed E-state index contributed by atoms with van der Waals surface area (Å²) in [5, 5.41) is 54.8. The van der Waals surface area contributed by atoms with Crippen LogP contribution in [-0.4, -0.2) is 168 Å². The molecular formula is C55H86ClF3N4O13. The first-order chi connectivity index (χ1) is 35.4. The van der Waals surface area contributed by atoms with Gasteiger partial charge in [-0.3, -0.25) is 9.69 Å². The molecule has 3 aliphatic heterocycles. The van der Waals surface area contributed by atoms with Crippen LogP contribution in [-0.2, 0) is 39.4 Å². The molecule has 0 aliphatic carbocycles. The fraction of sp³-hybridized carbons (Fsp3) is 0.745. The Balaban J connectivity index is 1.67. The molecule has 2 aromatic rings. The van der Waals surface area contributed by atoms with Gasteiger partial charge in [0.05, 0.1) is 52.6 Å². The largest absolute Gasteiger partial charge is 0.483 e. The van der Waals surface area contributed by atoms with Crippen molar-refractivity contribution < 1.29 is 76.3 Å². The van der Waals surface area contributed by atoms with Crippen LogP contribution in [0.15, 0.2) is 48.5 Å². The van der Waals surface area contributed by atoms with Crippen LogP contribution in [0, 0.1) is 17.8 Å². The van der Waals surface area contributed by atoms with E-state index in [0.29, 0.717) is 12.2 Å². The summed E-state index contributed by atoms with van der Waals surface area (Å²) in [6, 6.07) is 9.79. The van der Waals surface area contributed by atoms with Crippen molar-refractivity contribution in [2.75, 3.05) is 45.7 Å². The van der Waals surface area contributed by atoms with E-state index in [0.717, 1.165) is 24.6 Å². The predicted molar refractivity (Wildman–Crippen MR) is 281 cm³/mol. The molecule has 3 fully saturated rings. The molecule has 0 spiro atoms. The lowest BCUT2D eigenvalue weighted by atomic mass is 9.75. The maximum atomic E-state index is 14.8. The van der Waals surface area contributed by atoms with Crippen molar-refractivity contribution >= 4 is 29.3 Å². The summed E-state index contributed by atoms with van der Waals surface area (Å²) in [6.07, 6.45) is -14.4. The van der Waals surface area contributed by atoms with Crippen LogP contribution in [0.4, 0.5) is 23.7 Å². The Bertz CT molecular complexity index is 2200. The van der Waals surface area contributed by atoms with Crippen molar-refractivity contribution in [2.24, 2.45) is 17.8 Å². The van der Waals surface area contributed by atoms with Crippen LogP contribution in [0.5, 0.6) is 5.75 Å². The minimum Gasteiger partial charge on any atom is -0.483 e. The van der Waals surface area contributed by atoms with Crippen molar-refractivity contribution in [3.05, 3.63) is 59.1 Å². The normalized spacial score (nSPS) is 38.3. The number of halogens is 4. The average molecular weight is 1100 g/mol. The third-order valence-corrected chi connectivity index (χ3v) is 16.4. The number of anilines is 1. The second kappa shape index (κ2) is 25.8. The molecule has 3 saturated heterocycles. The number of hydrogen-bond donors (Lipinski definition) is 6. The summed E-state index contributed by atoms with van der Waals surface area (Å²) in [5.74, 6) is -3.49. The van der Waals surface area contributed by atoms with Gasteiger partial charge >= 0.3 is 18.2 Å². The first-order valence-electron chi connectivity index (χ1n) is 26.6. The van der Waals surface area contributed by atoms with Gasteiger partial charge < -0.3 is 69.1 Å². The molecular weight excluding hydrogens is 1020 g/mol. The maximum absolute atomic E-state index is 14.8. The number of benzene rings is 2. The van der Waals surface area contributed by atoms with Crippen molar-refractivity contribution in [1.29, 1.82) is 0 Å². The highest BCUT2D eigenvalue weighted by molar-refractivity contribution is 6.31. The number of carbonyl (C=O) groups excluding carboxylic acids is 2. The molecule has 0 radical (unpaired) electrons. The Morgan fingerprint density at radius 3 is 2.20 bits per heavy atom. The van der Waals surface area contributed by atoms with Gasteiger partial charge in [-0.1, -0.05) is 57.5 Å². The number of aliphatic hydroxyl groups is 4. The summed E-state index contributed by atoms with van der Waals surface area (Å²) in [4.78, 5) is 32.1. The van der Waals surface area contributed by atoms with E-state index in [2.05, 4.69) is 10.6 Å². The molecule has 18 atom stereocenters. The highest BCUT2D eigenvalue weighted by atomic mass is 35.5. The summed E-state index contributed by atoms with van der Waals surface area (Å²) < 4.78 is 88.1. The number of hydrogen-bond acceptors (Lipinski definition) is 15. The Hall–Kier alpha value is -3.38. The third kappa shape index (κ3) is 14.3. The van der Waals surface area contributed by atoms with Crippen molar-refractivity contribution in [2.45, 2.75) is 204 Å². The number of alkyl halides is 3. The van der Waals surface area contributed by atoms with E-state index < -0.39 is 130 Å². The number of rotatable bonds is 14. The van der Waals surface area contributed by atoms with Crippen LogP contribution < -0.4 is 20.3 Å². The van der Waals surface area contributed by atoms with Crippen molar-refractivity contribution in [3.8, 4) is 5.75 Å². The molecule has 76 heavy (non-hydrogen) atoms. The van der Waals surface area contributed by atoms with E-state index in [1.54, 1.807) is 93.8 Å². The zero-order valence-electron chi connectivity index (χ0n) is 46.7. The maximum Gasteiger partial charge on any atom is 0.417 e. The van der Waals surface area contributed by atoms with Crippen LogP contribution >= 0.6 is 11.6 Å². The smallest absolute Gasteiger partial charge is 0.417 e. The quantitative estimate of drug-likeness (QED) is 0.0809. The van der Waals surface area contributed by atoms with Gasteiger partial charge in [-0.05, 0) is 123 Å². The van der Waals surface area contributed by atoms with Gasteiger partial charge in [0.1, 0.15) is 34.8 Å². The number of carbonyl (C=O) groups is 2. The van der Waals surface area contributed by atoms with Crippen LogP contribution in [0.25, 0.3) is 0 Å². The number of amides is 2. The number of urea groups is 1. The highest BCUT2D eigenvalue weighted by Crippen LogP contribution is 2.44. The number of methoxy groups -OCH3 is 1. The van der Waals surface area contributed by atoms with Crippen LogP contribution in [0.2, 0.25) is 5.02 Å². The van der Waals surface area contributed by atoms with E-state index in [1.165, 1.54) is 23.8 Å². The van der Waals surface area contributed by atoms with Gasteiger partial charge in [-0.15, -0.1) is 0 Å². The molecule has 3 aliphatic rings. The predicted octanol–water partition coefficient (Wildman–Crippen LogP) is 7.31. The molecule has 5 rings (SSSR count). The molecule has 2 aromatic carbocycles. The van der Waals surface area contributed by atoms with Gasteiger partial charge in [-0.25, -0.2) is 4.79 Å². The Morgan fingerprint density at radius 1 is 0.947 bits per heavy atom. The molecule has 0 unspecified atom stereocenters. The zero-order valence-corrected chi connectivity index (χ0v) is 47.5. The molecule has 3 heterocycles. The number of esters is 1. The Kier molecular flexibility index (Phi) is 21.6. The number of cyclic esters (lactones) is 1. The molecule has 432 valence electrons. The van der Waals surface area contributed by atoms with E-state index in [1.807, 2.05) is 19.9 Å². The van der Waals surface area contributed by atoms with Gasteiger partial charge in [0.25, 0.3) is 0 Å². The number of aliphatic hydroxyl groups excluding tert-OH is 1. The second-order valence-electron chi connectivity index (χ2n) is 22.2. The van der Waals surface area contributed by atoms with Crippen molar-refractivity contribution in [1.82, 2.24) is 15.5 Å². The Morgan fingerprint density at radius 2 is 1.61 bits per heavy atom. The van der Waals surface area contributed by atoms with Crippen LogP contribution in [0.1, 0.15) is 114 Å². The first kappa shape index (κ1) is 63.5. The number of nitrogens with zero attached hydrogens (tertiary/aromatic N) is 2. The van der Waals surface area contributed by atoms with E-state index in [4.69, 9.17) is 44.8 Å². The van der Waals surface area contributed by atoms with Gasteiger partial charge in [0.15, 0.2) is 18.7 Å². The number of likely N-dealkylation sites (N-methyl/N-ethyl adjacent to an activating group) is 1. The Labute approximate surface area is 452 Å². The SMILES string of the molecule is CCCNC[C@]1(O)[C@H](C)O[C@@H](O[C@H]2[C@H](C)[C@@H](O[C@@H]3O[C@H](C)C[C@H](N(C)C(=O)N(C)c4ccccc4)[C@H]3Oc3ccc(C(F)(F)F)c(Cl)c3)[C@](C)(O)C[C@@H](C)CN[C@H](C)[C@@H](O)[C@](C)(O)[C@@H](CC)OC(=O)[C@@H]2C)C[C@@]1(C)OC. The fourth-order valence-corrected chi connectivity index (χ4v) is 11.6. The van der Waals surface area contributed by atoms with Crippen molar-refractivity contribution in [3.63, 3.8) is 0 Å². The number of ether oxygens (including phenoxy) is 7. The van der Waals surface area contributed by atoms with Gasteiger partial charge in [-0.2, -0.15) is 13.2 Å². The lowest BCUT2D eigenvalue weighted by Gasteiger charge is -2.53. The van der Waals surface area contributed by atoms with E-state index in [9.17, 15) is 43.2 Å². The monoisotopic (exact) mass is 1100 g/mol. The highest BCUT2D eigenvalue weighted by Gasteiger charge is 2.59. The summed E-state index contributed by atoms with van der Waals surface area (Å²) >= 11 is 6.26. The topological polar surface area (TPSA) is 210 Å². The molecule has 0 saturated carbocycles. The number of para-hydroxylation sites is 1. The lowest BCUT2D eigenvalue weighted by Crippen LogP contribution is -2.70. The standard InChI is InChI=1S/C55H86ClF3N4O13/c1-15-24-60-30-54(69)36(8)72-43(28-52(54,10)70-14)75-44-33(5)47(51(9,67)27-31(3)29-61-35(7)46(64)53(11,68)42(16-2)74-48(65)34(44)6)76-49-45(73-38-22-23-39(40(56)26-38)55(57,58)59)41(25-32(4)71-49)63(13)50(66)62(12)37-20-18-17-19-21-37/h17-23,26,31-36,41-47,49,60-61,64,67-69H,15-16,24-25,27-30H2,1-14H3/t31-,32-,33+,34-,35-,36+,41+,42-,43+,44+,45-,46-,47-,49+,51-,52-,53-,54+/m1/s1. The summed E-state index contributed by atoms with van der Waals surface area (Å²) in [7, 11) is 4.66. The van der Waals surface area contributed by atoms with Crippen LogP contribution in [0.3, 0.4) is 0 Å². The molecule has 0 aromatic heterocycles. The minimum atomic E-state index is -4.77. The number of nitrogens with one attached hydrogen (secondary N) is 2. The minimum absolute atomic E-state index is 0.0276. The van der Waals surface area contributed by atoms with Gasteiger partial charge in [0, 0.05) is 51.8 Å². The average Bonchev–Trinajstić information content (AvgIpc) is 3.36. The molecule has 17 nitrogen and oxygen atoms in total.